The zero-order valence-corrected chi connectivity index (χ0v) is 11.8. The highest BCUT2D eigenvalue weighted by atomic mass is 127. The fourth-order valence-corrected chi connectivity index (χ4v) is 2.68. The van der Waals surface area contributed by atoms with Gasteiger partial charge in [0.05, 0.1) is 14.2 Å². The average molecular weight is 359 g/mol. The highest BCUT2D eigenvalue weighted by Crippen LogP contribution is 2.16. The molecule has 0 aliphatic rings. The summed E-state index contributed by atoms with van der Waals surface area (Å²) in [7, 11) is -3.01. The number of hydrogen-bond acceptors (Lipinski definition) is 4. The summed E-state index contributed by atoms with van der Waals surface area (Å²) in [6.07, 6.45) is 1.15. The summed E-state index contributed by atoms with van der Waals surface area (Å²) < 4.78 is 22.6. The molecule has 0 unspecified atom stereocenters. The normalized spacial score (nSPS) is 11.3. The minimum absolute atomic E-state index is 0.0278. The number of halogens is 1. The number of carbonyl (C=O) groups excluding carboxylic acids is 1. The van der Waals surface area contributed by atoms with Crippen molar-refractivity contribution in [3.8, 4) is 0 Å². The van der Waals surface area contributed by atoms with Crippen molar-refractivity contribution in [3.63, 3.8) is 0 Å². The van der Waals surface area contributed by atoms with E-state index in [1.807, 2.05) is 0 Å². The molecule has 0 spiro atoms. The third-order valence-electron chi connectivity index (χ3n) is 1.59. The summed E-state index contributed by atoms with van der Waals surface area (Å²) >= 11 is 3.61. The zero-order valence-electron chi connectivity index (χ0n) is 7.99. The molecule has 4 nitrogen and oxygen atoms in total. The Morgan fingerprint density at radius 1 is 1.60 bits per heavy atom. The molecule has 1 aromatic heterocycles. The Kier molecular flexibility index (Phi) is 4.53. The molecular weight excluding hydrogens is 349 g/mol. The van der Waals surface area contributed by atoms with Crippen molar-refractivity contribution in [2.24, 2.45) is 0 Å². The molecule has 1 aromatic rings. The summed E-state index contributed by atoms with van der Waals surface area (Å²) in [4.78, 5) is 11.4. The Labute approximate surface area is 106 Å². The van der Waals surface area contributed by atoms with Gasteiger partial charge < -0.3 is 5.32 Å². The number of nitrogens with one attached hydrogen (secondary N) is 1. The van der Waals surface area contributed by atoms with Gasteiger partial charge in [0.1, 0.15) is 9.84 Å². The lowest BCUT2D eigenvalue weighted by atomic mass is 10.3. The van der Waals surface area contributed by atoms with E-state index in [2.05, 4.69) is 27.9 Å². The lowest BCUT2D eigenvalue weighted by Gasteiger charge is -2.01. The SMILES string of the molecule is CS(=O)(=O)CCNC(=O)c1csc(I)c1. The topological polar surface area (TPSA) is 63.2 Å². The molecule has 0 bridgehead atoms. The van der Waals surface area contributed by atoms with Crippen molar-refractivity contribution in [1.29, 1.82) is 0 Å². The molecule has 0 saturated heterocycles. The number of rotatable bonds is 4. The molecule has 0 radical (unpaired) electrons. The van der Waals surface area contributed by atoms with Crippen LogP contribution in [0.1, 0.15) is 10.4 Å². The van der Waals surface area contributed by atoms with Gasteiger partial charge in [-0.3, -0.25) is 4.79 Å². The second kappa shape index (κ2) is 5.26. The van der Waals surface area contributed by atoms with Crippen LogP contribution in [-0.4, -0.2) is 32.9 Å². The second-order valence-corrected chi connectivity index (χ2v) is 8.09. The maximum Gasteiger partial charge on any atom is 0.252 e. The number of carbonyl (C=O) groups is 1. The number of thiophene rings is 1. The highest BCUT2D eigenvalue weighted by Gasteiger charge is 2.08. The standard InChI is InChI=1S/C8H10INO3S2/c1-15(12,13)3-2-10-8(11)6-4-7(9)14-5-6/h4-5H,2-3H2,1H3,(H,10,11). The molecule has 1 amide bonds. The van der Waals surface area contributed by atoms with E-state index in [0.29, 0.717) is 5.56 Å². The lowest BCUT2D eigenvalue weighted by molar-refractivity contribution is 0.0956. The summed E-state index contributed by atoms with van der Waals surface area (Å²) in [5, 5.41) is 4.30. The molecule has 0 atom stereocenters. The van der Waals surface area contributed by atoms with Gasteiger partial charge in [-0.15, -0.1) is 11.3 Å². The molecule has 0 aromatic carbocycles. The van der Waals surface area contributed by atoms with Crippen molar-refractivity contribution >= 4 is 49.7 Å². The van der Waals surface area contributed by atoms with Crippen LogP contribution < -0.4 is 5.32 Å². The molecular formula is C8H10INO3S2. The molecule has 84 valence electrons. The van der Waals surface area contributed by atoms with Crippen molar-refractivity contribution in [2.75, 3.05) is 18.6 Å². The van der Waals surface area contributed by atoms with Crippen molar-refractivity contribution in [1.82, 2.24) is 5.32 Å². The molecule has 1 heterocycles. The third kappa shape index (κ3) is 4.94. The highest BCUT2D eigenvalue weighted by molar-refractivity contribution is 14.1. The van der Waals surface area contributed by atoms with Crippen LogP contribution >= 0.6 is 33.9 Å². The minimum atomic E-state index is -3.01. The number of hydrogen-bond donors (Lipinski definition) is 1. The van der Waals surface area contributed by atoms with Gasteiger partial charge in [0, 0.05) is 18.2 Å². The Bertz CT molecular complexity index is 452. The summed E-state index contributed by atoms with van der Waals surface area (Å²) in [6, 6.07) is 1.76. The van der Waals surface area contributed by atoms with Crippen molar-refractivity contribution in [2.45, 2.75) is 0 Å². The van der Waals surface area contributed by atoms with Crippen LogP contribution in [0.4, 0.5) is 0 Å². The van der Waals surface area contributed by atoms with Gasteiger partial charge in [-0.2, -0.15) is 0 Å². The zero-order chi connectivity index (χ0) is 11.5. The molecule has 0 aliphatic carbocycles. The molecule has 7 heteroatoms. The first-order valence-electron chi connectivity index (χ1n) is 4.08. The first kappa shape index (κ1) is 12.9. The molecule has 15 heavy (non-hydrogen) atoms. The van der Waals surface area contributed by atoms with Crippen LogP contribution in [0.5, 0.6) is 0 Å². The van der Waals surface area contributed by atoms with Crippen molar-refractivity contribution in [3.05, 3.63) is 19.9 Å². The molecule has 0 aliphatic heterocycles. The Morgan fingerprint density at radius 3 is 2.73 bits per heavy atom. The van der Waals surface area contributed by atoms with E-state index in [9.17, 15) is 13.2 Å². The maximum atomic E-state index is 11.4. The van der Waals surface area contributed by atoms with Gasteiger partial charge in [-0.1, -0.05) is 0 Å². The van der Waals surface area contributed by atoms with E-state index in [4.69, 9.17) is 0 Å². The van der Waals surface area contributed by atoms with E-state index in [-0.39, 0.29) is 18.2 Å². The van der Waals surface area contributed by atoms with Crippen molar-refractivity contribution < 1.29 is 13.2 Å². The molecule has 0 saturated carbocycles. The molecule has 1 rings (SSSR count). The van der Waals surface area contributed by atoms with E-state index in [1.54, 1.807) is 11.4 Å². The van der Waals surface area contributed by atoms with Gasteiger partial charge in [0.25, 0.3) is 5.91 Å². The maximum absolute atomic E-state index is 11.4. The first-order valence-corrected chi connectivity index (χ1v) is 8.10. The van der Waals surface area contributed by atoms with Crippen LogP contribution in [0, 0.1) is 2.88 Å². The van der Waals surface area contributed by atoms with Gasteiger partial charge in [0.2, 0.25) is 0 Å². The van der Waals surface area contributed by atoms with E-state index < -0.39 is 9.84 Å². The summed E-state index contributed by atoms with van der Waals surface area (Å²) in [6.45, 7) is 0.157. The van der Waals surface area contributed by atoms with Crippen LogP contribution in [0.2, 0.25) is 0 Å². The lowest BCUT2D eigenvalue weighted by Crippen LogP contribution is -2.28. The van der Waals surface area contributed by atoms with E-state index >= 15 is 0 Å². The first-order chi connectivity index (χ1) is 6.88. The Hall–Kier alpha value is -0.150. The largest absolute Gasteiger partial charge is 0.351 e. The fraction of sp³-hybridized carbons (Fsp3) is 0.375. The van der Waals surface area contributed by atoms with Gasteiger partial charge >= 0.3 is 0 Å². The van der Waals surface area contributed by atoms with Crippen LogP contribution in [0.25, 0.3) is 0 Å². The number of amides is 1. The van der Waals surface area contributed by atoms with Crippen LogP contribution in [0.3, 0.4) is 0 Å². The average Bonchev–Trinajstić information content (AvgIpc) is 2.49. The minimum Gasteiger partial charge on any atom is -0.351 e. The summed E-state index contributed by atoms with van der Waals surface area (Å²) in [5.41, 5.74) is 0.581. The van der Waals surface area contributed by atoms with E-state index in [0.717, 1.165) is 9.14 Å². The monoisotopic (exact) mass is 359 g/mol. The smallest absolute Gasteiger partial charge is 0.252 e. The van der Waals surface area contributed by atoms with Crippen LogP contribution in [0.15, 0.2) is 11.4 Å². The van der Waals surface area contributed by atoms with E-state index in [1.165, 1.54) is 11.3 Å². The second-order valence-electron chi connectivity index (χ2n) is 3.03. The molecule has 0 fully saturated rings. The van der Waals surface area contributed by atoms with Crippen LogP contribution in [-0.2, 0) is 9.84 Å². The quantitative estimate of drug-likeness (QED) is 0.820. The Balaban J connectivity index is 2.44. The van der Waals surface area contributed by atoms with Gasteiger partial charge in [-0.05, 0) is 28.7 Å². The molecule has 1 N–H and O–H groups in total. The third-order valence-corrected chi connectivity index (χ3v) is 4.32. The fourth-order valence-electron chi connectivity index (χ4n) is 0.881. The Morgan fingerprint density at radius 2 is 2.27 bits per heavy atom. The predicted octanol–water partition coefficient (Wildman–Crippen LogP) is 1.13. The van der Waals surface area contributed by atoms with Gasteiger partial charge in [-0.25, -0.2) is 8.42 Å². The van der Waals surface area contributed by atoms with Gasteiger partial charge in [0.15, 0.2) is 0 Å². The predicted molar refractivity (Wildman–Crippen MR) is 69.1 cm³/mol. The summed E-state index contributed by atoms with van der Waals surface area (Å²) in [5.74, 6) is -0.252. The number of sulfone groups is 1.